The minimum atomic E-state index is 0.567. The van der Waals surface area contributed by atoms with Crippen LogP contribution >= 0.6 is 39.1 Å². The Morgan fingerprint density at radius 3 is 2.75 bits per heavy atom. The zero-order valence-corrected chi connectivity index (χ0v) is 11.8. The maximum atomic E-state index is 6.13. The van der Waals surface area contributed by atoms with Crippen LogP contribution in [-0.2, 0) is 6.42 Å². The molecule has 84 valence electrons. The average Bonchev–Trinajstić information content (AvgIpc) is 2.26. The molecule has 0 spiro atoms. The number of aromatic nitrogens is 1. The summed E-state index contributed by atoms with van der Waals surface area (Å²) in [5.41, 5.74) is 1.91. The summed E-state index contributed by atoms with van der Waals surface area (Å²) in [6, 6.07) is 5.90. The fourth-order valence-electron chi connectivity index (χ4n) is 1.65. The zero-order valence-electron chi connectivity index (χ0n) is 8.73. The van der Waals surface area contributed by atoms with Crippen molar-refractivity contribution in [3.8, 4) is 0 Å². The first kappa shape index (κ1) is 12.2. The summed E-state index contributed by atoms with van der Waals surface area (Å²) >= 11 is 15.6. The molecule has 1 aromatic heterocycles. The summed E-state index contributed by atoms with van der Waals surface area (Å²) in [7, 11) is 0. The summed E-state index contributed by atoms with van der Waals surface area (Å²) in [6.45, 7) is 2.12. The van der Waals surface area contributed by atoms with Crippen molar-refractivity contribution in [2.75, 3.05) is 0 Å². The Hall–Kier alpha value is -0.310. The highest BCUT2D eigenvalue weighted by Crippen LogP contribution is 2.32. The predicted octanol–water partition coefficient (Wildman–Crippen LogP) is 5.26. The van der Waals surface area contributed by atoms with E-state index in [0.717, 1.165) is 33.8 Å². The third kappa shape index (κ3) is 2.20. The summed E-state index contributed by atoms with van der Waals surface area (Å²) in [6.07, 6.45) is 2.00. The third-order valence-corrected chi connectivity index (χ3v) is 4.10. The number of fused-ring (bicyclic) bond motifs is 1. The van der Waals surface area contributed by atoms with Crippen molar-refractivity contribution >= 4 is 50.0 Å². The molecule has 0 aliphatic rings. The van der Waals surface area contributed by atoms with E-state index in [1.54, 1.807) is 0 Å². The average molecular weight is 319 g/mol. The lowest BCUT2D eigenvalue weighted by Crippen LogP contribution is -1.91. The van der Waals surface area contributed by atoms with Gasteiger partial charge in [-0.15, -0.1) is 0 Å². The van der Waals surface area contributed by atoms with Crippen LogP contribution in [0.2, 0.25) is 10.2 Å². The molecular formula is C12H10BrCl2N. The number of nitrogens with zero attached hydrogens (tertiary/aromatic N) is 1. The zero-order chi connectivity index (χ0) is 11.7. The van der Waals surface area contributed by atoms with Crippen molar-refractivity contribution in [2.24, 2.45) is 0 Å². The highest BCUT2D eigenvalue weighted by molar-refractivity contribution is 9.10. The highest BCUT2D eigenvalue weighted by Gasteiger charge is 2.08. The second-order valence-electron chi connectivity index (χ2n) is 3.62. The highest BCUT2D eigenvalue weighted by atomic mass is 79.9. The van der Waals surface area contributed by atoms with Gasteiger partial charge in [-0.05, 0) is 40.0 Å². The fraction of sp³-hybridized carbons (Fsp3) is 0.250. The standard InChI is InChI=1S/C12H10BrCl2N/c1-2-3-8-6-7-4-5-9(14)10(13)11(7)16-12(8)15/h4-6H,2-3H2,1H3. The second kappa shape index (κ2) is 4.91. The summed E-state index contributed by atoms with van der Waals surface area (Å²) in [5.74, 6) is 0. The van der Waals surface area contributed by atoms with Crippen LogP contribution in [0.4, 0.5) is 0 Å². The largest absolute Gasteiger partial charge is 0.235 e. The fourth-order valence-corrected chi connectivity index (χ4v) is 2.48. The van der Waals surface area contributed by atoms with Gasteiger partial charge in [-0.1, -0.05) is 42.6 Å². The van der Waals surface area contributed by atoms with E-state index in [2.05, 4.69) is 33.9 Å². The minimum absolute atomic E-state index is 0.567. The number of aryl methyl sites for hydroxylation is 1. The molecule has 0 fully saturated rings. The molecule has 4 heteroatoms. The molecule has 2 aromatic rings. The molecule has 0 N–H and O–H groups in total. The summed E-state index contributed by atoms with van der Waals surface area (Å²) in [4.78, 5) is 4.39. The van der Waals surface area contributed by atoms with Gasteiger partial charge in [-0.25, -0.2) is 4.98 Å². The van der Waals surface area contributed by atoms with E-state index in [0.29, 0.717) is 10.2 Å². The van der Waals surface area contributed by atoms with Crippen LogP contribution in [0.15, 0.2) is 22.7 Å². The molecule has 0 radical (unpaired) electrons. The molecule has 2 rings (SSSR count). The SMILES string of the molecule is CCCc1cc2ccc(Cl)c(Br)c2nc1Cl. The first-order chi connectivity index (χ1) is 7.63. The van der Waals surface area contributed by atoms with Gasteiger partial charge in [0.05, 0.1) is 15.0 Å². The molecule has 1 heterocycles. The predicted molar refractivity (Wildman–Crippen MR) is 73.5 cm³/mol. The first-order valence-corrected chi connectivity index (χ1v) is 6.61. The van der Waals surface area contributed by atoms with Crippen LogP contribution < -0.4 is 0 Å². The van der Waals surface area contributed by atoms with Crippen molar-refractivity contribution in [1.82, 2.24) is 4.98 Å². The summed E-state index contributed by atoms with van der Waals surface area (Å²) < 4.78 is 0.802. The molecule has 0 saturated carbocycles. The molecule has 0 atom stereocenters. The molecule has 16 heavy (non-hydrogen) atoms. The van der Waals surface area contributed by atoms with Crippen molar-refractivity contribution in [1.29, 1.82) is 0 Å². The Balaban J connectivity index is 2.69. The van der Waals surface area contributed by atoms with Gasteiger partial charge in [0.25, 0.3) is 0 Å². The third-order valence-electron chi connectivity index (χ3n) is 2.42. The van der Waals surface area contributed by atoms with Gasteiger partial charge in [-0.2, -0.15) is 0 Å². The number of halogens is 3. The van der Waals surface area contributed by atoms with Crippen molar-refractivity contribution < 1.29 is 0 Å². The molecule has 0 bridgehead atoms. The maximum absolute atomic E-state index is 6.13. The molecule has 1 aromatic carbocycles. The van der Waals surface area contributed by atoms with Gasteiger partial charge in [0, 0.05) is 5.39 Å². The lowest BCUT2D eigenvalue weighted by Gasteiger charge is -2.07. The van der Waals surface area contributed by atoms with Crippen LogP contribution in [0.5, 0.6) is 0 Å². The monoisotopic (exact) mass is 317 g/mol. The van der Waals surface area contributed by atoms with E-state index in [4.69, 9.17) is 23.2 Å². The Bertz CT molecular complexity index is 540. The Morgan fingerprint density at radius 1 is 1.31 bits per heavy atom. The van der Waals surface area contributed by atoms with E-state index in [1.165, 1.54) is 0 Å². The van der Waals surface area contributed by atoms with E-state index >= 15 is 0 Å². The lowest BCUT2D eigenvalue weighted by atomic mass is 10.1. The topological polar surface area (TPSA) is 12.9 Å². The molecule has 0 unspecified atom stereocenters. The van der Waals surface area contributed by atoms with Crippen LogP contribution in [0.25, 0.3) is 10.9 Å². The molecule has 0 saturated heterocycles. The molecule has 0 amide bonds. The Kier molecular flexibility index (Phi) is 3.73. The van der Waals surface area contributed by atoms with Crippen LogP contribution in [0, 0.1) is 0 Å². The van der Waals surface area contributed by atoms with Gasteiger partial charge in [0.15, 0.2) is 0 Å². The van der Waals surface area contributed by atoms with Gasteiger partial charge in [-0.3, -0.25) is 0 Å². The lowest BCUT2D eigenvalue weighted by molar-refractivity contribution is 0.917. The van der Waals surface area contributed by atoms with Gasteiger partial charge < -0.3 is 0 Å². The van der Waals surface area contributed by atoms with E-state index < -0.39 is 0 Å². The normalized spacial score (nSPS) is 11.0. The molecule has 0 aliphatic heterocycles. The maximum Gasteiger partial charge on any atom is 0.133 e. The van der Waals surface area contributed by atoms with E-state index in [9.17, 15) is 0 Å². The quantitative estimate of drug-likeness (QED) is 0.688. The Labute approximate surface area is 113 Å². The number of pyridine rings is 1. The Morgan fingerprint density at radius 2 is 2.06 bits per heavy atom. The molecular weight excluding hydrogens is 309 g/mol. The van der Waals surface area contributed by atoms with Gasteiger partial charge in [0.1, 0.15) is 5.15 Å². The number of hydrogen-bond acceptors (Lipinski definition) is 1. The van der Waals surface area contributed by atoms with E-state index in [-0.39, 0.29) is 0 Å². The van der Waals surface area contributed by atoms with E-state index in [1.807, 2.05) is 12.1 Å². The van der Waals surface area contributed by atoms with Crippen LogP contribution in [-0.4, -0.2) is 4.98 Å². The smallest absolute Gasteiger partial charge is 0.133 e. The number of hydrogen-bond donors (Lipinski definition) is 0. The second-order valence-corrected chi connectivity index (χ2v) is 5.18. The first-order valence-electron chi connectivity index (χ1n) is 5.06. The van der Waals surface area contributed by atoms with Crippen LogP contribution in [0.3, 0.4) is 0 Å². The number of rotatable bonds is 2. The van der Waals surface area contributed by atoms with Gasteiger partial charge >= 0.3 is 0 Å². The molecule has 1 nitrogen and oxygen atoms in total. The number of benzene rings is 1. The van der Waals surface area contributed by atoms with Gasteiger partial charge in [0.2, 0.25) is 0 Å². The summed E-state index contributed by atoms with van der Waals surface area (Å²) in [5, 5.41) is 2.28. The van der Waals surface area contributed by atoms with Crippen LogP contribution in [0.1, 0.15) is 18.9 Å². The van der Waals surface area contributed by atoms with Crippen molar-refractivity contribution in [3.05, 3.63) is 38.4 Å². The van der Waals surface area contributed by atoms with Crippen molar-refractivity contribution in [2.45, 2.75) is 19.8 Å². The molecule has 0 aliphatic carbocycles. The minimum Gasteiger partial charge on any atom is -0.235 e. The van der Waals surface area contributed by atoms with Crippen molar-refractivity contribution in [3.63, 3.8) is 0 Å².